The van der Waals surface area contributed by atoms with E-state index in [0.29, 0.717) is 6.54 Å². The van der Waals surface area contributed by atoms with E-state index >= 15 is 0 Å². The van der Waals surface area contributed by atoms with E-state index < -0.39 is 5.60 Å². The van der Waals surface area contributed by atoms with Gasteiger partial charge in [-0.15, -0.1) is 0 Å². The summed E-state index contributed by atoms with van der Waals surface area (Å²) in [6.45, 7) is 1.38. The topological polar surface area (TPSA) is 50.7 Å². The Balaban J connectivity index is 1.89. The van der Waals surface area contributed by atoms with Crippen molar-refractivity contribution in [2.24, 2.45) is 0 Å². The summed E-state index contributed by atoms with van der Waals surface area (Å²) in [4.78, 5) is 0. The van der Waals surface area contributed by atoms with Crippen molar-refractivity contribution in [1.82, 2.24) is 5.32 Å². The second-order valence-electron chi connectivity index (χ2n) is 5.22. The molecule has 0 amide bonds. The van der Waals surface area contributed by atoms with E-state index in [1.54, 1.807) is 14.2 Å². The Labute approximate surface area is 114 Å². The molecule has 1 aromatic carbocycles. The van der Waals surface area contributed by atoms with Crippen molar-refractivity contribution in [3.63, 3.8) is 0 Å². The Morgan fingerprint density at radius 2 is 1.84 bits per heavy atom. The lowest BCUT2D eigenvalue weighted by molar-refractivity contribution is 0.0475. The first kappa shape index (κ1) is 14.2. The van der Waals surface area contributed by atoms with Gasteiger partial charge in [-0.3, -0.25) is 0 Å². The van der Waals surface area contributed by atoms with Crippen LogP contribution >= 0.6 is 0 Å². The molecule has 1 aliphatic carbocycles. The molecule has 1 aliphatic rings. The fourth-order valence-electron chi connectivity index (χ4n) is 2.64. The first-order valence-corrected chi connectivity index (χ1v) is 6.81. The molecule has 0 aromatic heterocycles. The van der Waals surface area contributed by atoms with Crippen LogP contribution in [-0.2, 0) is 6.54 Å². The minimum atomic E-state index is -0.503. The van der Waals surface area contributed by atoms with Crippen molar-refractivity contribution in [2.45, 2.75) is 37.8 Å². The number of benzene rings is 1. The van der Waals surface area contributed by atoms with E-state index in [9.17, 15) is 5.11 Å². The monoisotopic (exact) mass is 265 g/mol. The molecular formula is C15H23NO3. The first-order valence-electron chi connectivity index (χ1n) is 6.81. The summed E-state index contributed by atoms with van der Waals surface area (Å²) in [5, 5.41) is 13.6. The summed E-state index contributed by atoms with van der Waals surface area (Å²) >= 11 is 0. The molecular weight excluding hydrogens is 242 g/mol. The molecule has 19 heavy (non-hydrogen) atoms. The quantitative estimate of drug-likeness (QED) is 0.827. The van der Waals surface area contributed by atoms with Crippen LogP contribution < -0.4 is 14.8 Å². The molecule has 106 valence electrons. The van der Waals surface area contributed by atoms with Gasteiger partial charge in [-0.1, -0.05) is 18.9 Å². The summed E-state index contributed by atoms with van der Waals surface area (Å²) in [6, 6.07) is 5.87. The van der Waals surface area contributed by atoms with Gasteiger partial charge in [0.05, 0.1) is 19.8 Å². The summed E-state index contributed by atoms with van der Waals surface area (Å²) in [6.07, 6.45) is 4.08. The van der Waals surface area contributed by atoms with Crippen molar-refractivity contribution >= 4 is 0 Å². The van der Waals surface area contributed by atoms with E-state index in [4.69, 9.17) is 9.47 Å². The van der Waals surface area contributed by atoms with Gasteiger partial charge in [0.1, 0.15) is 0 Å². The van der Waals surface area contributed by atoms with Gasteiger partial charge in [0.15, 0.2) is 11.5 Å². The Hall–Kier alpha value is -1.26. The number of rotatable bonds is 6. The fraction of sp³-hybridized carbons (Fsp3) is 0.600. The van der Waals surface area contributed by atoms with Gasteiger partial charge in [0.25, 0.3) is 0 Å². The molecule has 2 N–H and O–H groups in total. The van der Waals surface area contributed by atoms with E-state index in [2.05, 4.69) is 5.32 Å². The lowest BCUT2D eigenvalue weighted by Gasteiger charge is -2.22. The fourth-order valence-corrected chi connectivity index (χ4v) is 2.64. The summed E-state index contributed by atoms with van der Waals surface area (Å²) < 4.78 is 10.5. The summed E-state index contributed by atoms with van der Waals surface area (Å²) in [7, 11) is 3.27. The molecule has 0 bridgehead atoms. The smallest absolute Gasteiger partial charge is 0.161 e. The molecule has 4 nitrogen and oxygen atoms in total. The molecule has 0 atom stereocenters. The molecule has 0 spiro atoms. The maximum Gasteiger partial charge on any atom is 0.161 e. The zero-order chi connectivity index (χ0) is 13.7. The van der Waals surface area contributed by atoms with Crippen molar-refractivity contribution in [1.29, 1.82) is 0 Å². The molecule has 0 unspecified atom stereocenters. The normalized spacial score (nSPS) is 17.4. The van der Waals surface area contributed by atoms with Gasteiger partial charge in [-0.25, -0.2) is 0 Å². The van der Waals surface area contributed by atoms with Crippen molar-refractivity contribution in [3.8, 4) is 11.5 Å². The third-order valence-corrected chi connectivity index (χ3v) is 3.77. The van der Waals surface area contributed by atoms with Crippen LogP contribution in [0.4, 0.5) is 0 Å². The van der Waals surface area contributed by atoms with Gasteiger partial charge in [-0.05, 0) is 30.5 Å². The second kappa shape index (κ2) is 6.26. The highest BCUT2D eigenvalue weighted by atomic mass is 16.5. The minimum absolute atomic E-state index is 0.503. The molecule has 1 aromatic rings. The molecule has 0 radical (unpaired) electrons. The van der Waals surface area contributed by atoms with Crippen LogP contribution in [0.3, 0.4) is 0 Å². The van der Waals surface area contributed by atoms with Crippen LogP contribution in [0.2, 0.25) is 0 Å². The van der Waals surface area contributed by atoms with Crippen LogP contribution in [0.25, 0.3) is 0 Å². The van der Waals surface area contributed by atoms with Crippen molar-refractivity contribution < 1.29 is 14.6 Å². The number of nitrogens with one attached hydrogen (secondary N) is 1. The van der Waals surface area contributed by atoms with Crippen LogP contribution in [0.15, 0.2) is 18.2 Å². The lowest BCUT2D eigenvalue weighted by Crippen LogP contribution is -2.37. The molecule has 1 fully saturated rings. The third kappa shape index (κ3) is 3.61. The van der Waals surface area contributed by atoms with Crippen molar-refractivity contribution in [3.05, 3.63) is 23.8 Å². The SMILES string of the molecule is COc1ccc(CNCC2(O)CCCC2)cc1OC. The zero-order valence-corrected chi connectivity index (χ0v) is 11.7. The summed E-state index contributed by atoms with van der Waals surface area (Å²) in [5.41, 5.74) is 0.621. The number of ether oxygens (including phenoxy) is 2. The second-order valence-corrected chi connectivity index (χ2v) is 5.22. The van der Waals surface area contributed by atoms with Crippen molar-refractivity contribution in [2.75, 3.05) is 20.8 Å². The maximum atomic E-state index is 10.2. The Kier molecular flexibility index (Phi) is 4.66. The van der Waals surface area contributed by atoms with E-state index in [0.717, 1.165) is 49.3 Å². The van der Waals surface area contributed by atoms with Gasteiger partial charge in [0.2, 0.25) is 0 Å². The number of aliphatic hydroxyl groups is 1. The minimum Gasteiger partial charge on any atom is -0.493 e. The van der Waals surface area contributed by atoms with Crippen LogP contribution in [0.1, 0.15) is 31.2 Å². The molecule has 0 aliphatic heterocycles. The molecule has 0 heterocycles. The average molecular weight is 265 g/mol. The molecule has 4 heteroatoms. The van der Waals surface area contributed by atoms with Crippen LogP contribution in [0.5, 0.6) is 11.5 Å². The van der Waals surface area contributed by atoms with Gasteiger partial charge < -0.3 is 19.9 Å². The highest BCUT2D eigenvalue weighted by Crippen LogP contribution is 2.29. The molecule has 1 saturated carbocycles. The Morgan fingerprint density at radius 3 is 2.47 bits per heavy atom. The number of hydrogen-bond acceptors (Lipinski definition) is 4. The molecule has 2 rings (SSSR count). The average Bonchev–Trinajstić information content (AvgIpc) is 2.85. The number of hydrogen-bond donors (Lipinski definition) is 2. The highest BCUT2D eigenvalue weighted by molar-refractivity contribution is 5.42. The van der Waals surface area contributed by atoms with Gasteiger partial charge in [-0.2, -0.15) is 0 Å². The largest absolute Gasteiger partial charge is 0.493 e. The van der Waals surface area contributed by atoms with E-state index in [-0.39, 0.29) is 0 Å². The Morgan fingerprint density at radius 1 is 1.16 bits per heavy atom. The molecule has 0 saturated heterocycles. The lowest BCUT2D eigenvalue weighted by atomic mass is 10.0. The predicted molar refractivity (Wildman–Crippen MR) is 74.7 cm³/mol. The third-order valence-electron chi connectivity index (χ3n) is 3.77. The highest BCUT2D eigenvalue weighted by Gasteiger charge is 2.30. The van der Waals surface area contributed by atoms with E-state index in [1.165, 1.54) is 0 Å². The van der Waals surface area contributed by atoms with Gasteiger partial charge in [0, 0.05) is 13.1 Å². The first-order chi connectivity index (χ1) is 9.17. The summed E-state index contributed by atoms with van der Waals surface area (Å²) in [5.74, 6) is 1.47. The Bertz CT molecular complexity index is 414. The standard InChI is InChI=1S/C15H23NO3/c1-18-13-6-5-12(9-14(13)19-2)10-16-11-15(17)7-3-4-8-15/h5-6,9,16-17H,3-4,7-8,10-11H2,1-2H3. The number of methoxy groups -OCH3 is 2. The maximum absolute atomic E-state index is 10.2. The zero-order valence-electron chi connectivity index (χ0n) is 11.7. The van der Waals surface area contributed by atoms with Crippen LogP contribution in [-0.4, -0.2) is 31.5 Å². The van der Waals surface area contributed by atoms with Crippen LogP contribution in [0, 0.1) is 0 Å². The van der Waals surface area contributed by atoms with Gasteiger partial charge >= 0.3 is 0 Å². The predicted octanol–water partition coefficient (Wildman–Crippen LogP) is 2.10. The van der Waals surface area contributed by atoms with E-state index in [1.807, 2.05) is 18.2 Å².